The molecule has 1 aromatic carbocycles. The van der Waals surface area contributed by atoms with E-state index in [1.165, 1.54) is 28.2 Å². The van der Waals surface area contributed by atoms with E-state index < -0.39 is 15.9 Å². The van der Waals surface area contributed by atoms with Crippen molar-refractivity contribution in [2.75, 3.05) is 25.5 Å². The summed E-state index contributed by atoms with van der Waals surface area (Å²) >= 11 is 0. The molecule has 0 aliphatic heterocycles. The van der Waals surface area contributed by atoms with Crippen LogP contribution in [0.5, 0.6) is 0 Å². The number of amides is 2. The number of nitrogens with zero attached hydrogens (tertiary/aromatic N) is 2. The van der Waals surface area contributed by atoms with Crippen molar-refractivity contribution in [3.63, 3.8) is 0 Å². The zero-order valence-corrected chi connectivity index (χ0v) is 16.6. The maximum absolute atomic E-state index is 12.6. The summed E-state index contributed by atoms with van der Waals surface area (Å²) in [7, 11) is -0.484. The van der Waals surface area contributed by atoms with Crippen LogP contribution in [0, 0.1) is 0 Å². The Bertz CT molecular complexity index is 929. The van der Waals surface area contributed by atoms with Gasteiger partial charge in [0.2, 0.25) is 10.0 Å². The van der Waals surface area contributed by atoms with Crippen molar-refractivity contribution in [2.24, 2.45) is 7.05 Å². The molecule has 9 heteroatoms. The number of nitrogens with one attached hydrogen (secondary N) is 2. The third-order valence-electron chi connectivity index (χ3n) is 4.19. The Hall–Kier alpha value is -2.65. The van der Waals surface area contributed by atoms with Crippen molar-refractivity contribution in [1.29, 1.82) is 0 Å². The van der Waals surface area contributed by atoms with E-state index in [-0.39, 0.29) is 16.5 Å². The van der Waals surface area contributed by atoms with Crippen LogP contribution >= 0.6 is 0 Å². The van der Waals surface area contributed by atoms with Gasteiger partial charge in [0.25, 0.3) is 11.8 Å². The van der Waals surface area contributed by atoms with Crippen molar-refractivity contribution in [3.05, 3.63) is 47.8 Å². The summed E-state index contributed by atoms with van der Waals surface area (Å²) in [4.78, 5) is 24.2. The molecule has 2 amide bonds. The number of hydrogen-bond donors (Lipinski definition) is 2. The van der Waals surface area contributed by atoms with Crippen molar-refractivity contribution in [2.45, 2.75) is 18.7 Å². The second kappa shape index (κ2) is 8.36. The lowest BCUT2D eigenvalue weighted by Gasteiger charge is -2.17. The van der Waals surface area contributed by atoms with Crippen molar-refractivity contribution < 1.29 is 18.0 Å². The lowest BCUT2D eigenvalue weighted by Crippen LogP contribution is -2.30. The molecule has 0 spiro atoms. The predicted molar refractivity (Wildman–Crippen MR) is 103 cm³/mol. The molecule has 0 radical (unpaired) electrons. The van der Waals surface area contributed by atoms with Gasteiger partial charge in [0.1, 0.15) is 10.6 Å². The van der Waals surface area contributed by atoms with E-state index >= 15 is 0 Å². The summed E-state index contributed by atoms with van der Waals surface area (Å²) in [5.41, 5.74) is 1.19. The highest BCUT2D eigenvalue weighted by Crippen LogP contribution is 2.19. The molecule has 8 nitrogen and oxygen atoms in total. The van der Waals surface area contributed by atoms with E-state index in [9.17, 15) is 18.0 Å². The van der Waals surface area contributed by atoms with Gasteiger partial charge in [-0.15, -0.1) is 0 Å². The van der Waals surface area contributed by atoms with E-state index in [0.29, 0.717) is 24.3 Å². The van der Waals surface area contributed by atoms with Crippen LogP contribution in [0.15, 0.2) is 41.4 Å². The number of hydrogen-bond acceptors (Lipinski definition) is 4. The van der Waals surface area contributed by atoms with Gasteiger partial charge in [-0.1, -0.05) is 13.8 Å². The Morgan fingerprint density at radius 2 is 1.67 bits per heavy atom. The van der Waals surface area contributed by atoms with Crippen LogP contribution in [0.25, 0.3) is 0 Å². The topological polar surface area (TPSA) is 101 Å². The molecule has 0 aliphatic rings. The lowest BCUT2D eigenvalue weighted by atomic mass is 10.2. The molecule has 0 bridgehead atoms. The fourth-order valence-corrected chi connectivity index (χ4v) is 4.19. The fraction of sp³-hybridized carbons (Fsp3) is 0.333. The Balaban J connectivity index is 2.23. The van der Waals surface area contributed by atoms with Gasteiger partial charge in [0.05, 0.1) is 0 Å². The normalized spacial score (nSPS) is 11.4. The highest BCUT2D eigenvalue weighted by Gasteiger charge is 2.25. The molecule has 2 N–H and O–H groups in total. The molecule has 0 fully saturated rings. The lowest BCUT2D eigenvalue weighted by molar-refractivity contribution is 0.0962. The molecule has 0 atom stereocenters. The maximum Gasteiger partial charge on any atom is 0.272 e. The van der Waals surface area contributed by atoms with E-state index in [0.717, 1.165) is 0 Å². The molecule has 1 heterocycles. The predicted octanol–water partition coefficient (Wildman–Crippen LogP) is 1.67. The molecular formula is C18H24N4O4S. The fourth-order valence-electron chi connectivity index (χ4n) is 2.66. The van der Waals surface area contributed by atoms with E-state index in [2.05, 4.69) is 10.6 Å². The van der Waals surface area contributed by atoms with Crippen LogP contribution in [-0.4, -0.2) is 49.2 Å². The van der Waals surface area contributed by atoms with Crippen molar-refractivity contribution in [3.8, 4) is 0 Å². The van der Waals surface area contributed by atoms with Gasteiger partial charge >= 0.3 is 0 Å². The zero-order chi connectivity index (χ0) is 20.2. The van der Waals surface area contributed by atoms with Crippen LogP contribution in [0.3, 0.4) is 0 Å². The molecular weight excluding hydrogens is 368 g/mol. The van der Waals surface area contributed by atoms with E-state index in [1.807, 2.05) is 0 Å². The number of aryl methyl sites for hydroxylation is 1. The molecule has 0 saturated carbocycles. The molecule has 0 unspecified atom stereocenters. The summed E-state index contributed by atoms with van der Waals surface area (Å²) in [6.45, 7) is 4.24. The summed E-state index contributed by atoms with van der Waals surface area (Å²) in [5, 5.41) is 5.23. The van der Waals surface area contributed by atoms with Crippen molar-refractivity contribution >= 4 is 27.5 Å². The van der Waals surface area contributed by atoms with Crippen LogP contribution in [0.4, 0.5) is 5.69 Å². The monoisotopic (exact) mass is 392 g/mol. The van der Waals surface area contributed by atoms with E-state index in [1.54, 1.807) is 45.2 Å². The first-order valence-corrected chi connectivity index (χ1v) is 9.98. The molecule has 2 rings (SSSR count). The molecule has 0 aliphatic carbocycles. The first kappa shape index (κ1) is 20.7. The van der Waals surface area contributed by atoms with Gasteiger partial charge in [-0.25, -0.2) is 8.42 Å². The highest BCUT2D eigenvalue weighted by molar-refractivity contribution is 7.89. The first-order valence-electron chi connectivity index (χ1n) is 8.54. The van der Waals surface area contributed by atoms with Gasteiger partial charge in [-0.2, -0.15) is 4.31 Å². The minimum atomic E-state index is -3.64. The third-order valence-corrected chi connectivity index (χ3v) is 6.20. The standard InChI is InChI=1S/C18H24N4O4S/c1-5-22(6-2)27(25,26)15-11-16(21(4)12-15)18(24)20-14-9-7-13(8-10-14)17(23)19-3/h7-12H,5-6H2,1-4H3,(H,19,23)(H,20,24). The number of carbonyl (C=O) groups is 2. The molecule has 27 heavy (non-hydrogen) atoms. The zero-order valence-electron chi connectivity index (χ0n) is 15.8. The van der Waals surface area contributed by atoms with E-state index in [4.69, 9.17) is 0 Å². The third kappa shape index (κ3) is 4.37. The van der Waals surface area contributed by atoms with Gasteiger partial charge < -0.3 is 15.2 Å². The van der Waals surface area contributed by atoms with Crippen LogP contribution in [0.2, 0.25) is 0 Å². The Morgan fingerprint density at radius 1 is 1.07 bits per heavy atom. The number of rotatable bonds is 7. The van der Waals surface area contributed by atoms with Gasteiger partial charge in [-0.05, 0) is 30.3 Å². The largest absolute Gasteiger partial charge is 0.355 e. The highest BCUT2D eigenvalue weighted by atomic mass is 32.2. The first-order chi connectivity index (χ1) is 12.7. The minimum absolute atomic E-state index is 0.0776. The van der Waals surface area contributed by atoms with Crippen molar-refractivity contribution in [1.82, 2.24) is 14.2 Å². The Kier molecular flexibility index (Phi) is 6.40. The summed E-state index contributed by atoms with van der Waals surface area (Å²) < 4.78 is 28.0. The number of benzene rings is 1. The summed E-state index contributed by atoms with van der Waals surface area (Å²) in [5.74, 6) is -0.659. The number of anilines is 1. The smallest absolute Gasteiger partial charge is 0.272 e. The molecule has 0 saturated heterocycles. The van der Waals surface area contributed by atoms with Crippen LogP contribution in [-0.2, 0) is 17.1 Å². The average molecular weight is 392 g/mol. The molecule has 1 aromatic heterocycles. The molecule has 2 aromatic rings. The van der Waals surface area contributed by atoms with Crippen LogP contribution in [0.1, 0.15) is 34.7 Å². The average Bonchev–Trinajstić information content (AvgIpc) is 3.05. The minimum Gasteiger partial charge on any atom is -0.355 e. The van der Waals surface area contributed by atoms with Gasteiger partial charge in [0, 0.05) is 44.6 Å². The SMILES string of the molecule is CCN(CC)S(=O)(=O)c1cc(C(=O)Nc2ccc(C(=O)NC)cc2)n(C)c1. The molecule has 146 valence electrons. The second-order valence-electron chi connectivity index (χ2n) is 5.87. The number of sulfonamides is 1. The quantitative estimate of drug-likeness (QED) is 0.748. The summed E-state index contributed by atoms with van der Waals surface area (Å²) in [6.07, 6.45) is 1.43. The van der Waals surface area contributed by atoms with Gasteiger partial charge in [-0.3, -0.25) is 9.59 Å². The maximum atomic E-state index is 12.6. The number of carbonyl (C=O) groups excluding carboxylic acids is 2. The van der Waals surface area contributed by atoms with Gasteiger partial charge in [0.15, 0.2) is 0 Å². The Labute approximate surface area is 159 Å². The number of aromatic nitrogens is 1. The Morgan fingerprint density at radius 3 is 2.19 bits per heavy atom. The second-order valence-corrected chi connectivity index (χ2v) is 7.81. The summed E-state index contributed by atoms with van der Waals surface area (Å²) in [6, 6.07) is 7.77. The van der Waals surface area contributed by atoms with Crippen LogP contribution < -0.4 is 10.6 Å².